The van der Waals surface area contributed by atoms with Crippen LogP contribution in [0.3, 0.4) is 0 Å². The molecule has 0 aliphatic carbocycles. The second-order valence-electron chi connectivity index (χ2n) is 9.62. The largest absolute Gasteiger partial charge is 0.459 e. The maximum absolute atomic E-state index is 12.8. The van der Waals surface area contributed by atoms with Crippen molar-refractivity contribution in [2.45, 2.75) is 38.5 Å². The topological polar surface area (TPSA) is 178 Å². The van der Waals surface area contributed by atoms with Gasteiger partial charge in [0.05, 0.1) is 13.1 Å². The first kappa shape index (κ1) is 36.1. The first-order chi connectivity index (χ1) is 21.9. The van der Waals surface area contributed by atoms with Crippen molar-refractivity contribution in [3.05, 3.63) is 108 Å². The van der Waals surface area contributed by atoms with Gasteiger partial charge in [0, 0.05) is 12.8 Å². The Morgan fingerprint density at radius 2 is 1.29 bits per heavy atom. The van der Waals surface area contributed by atoms with Crippen LogP contribution in [0.4, 0.5) is 0 Å². The summed E-state index contributed by atoms with van der Waals surface area (Å²) in [6.45, 7) is 1.75. The average Bonchev–Trinajstić information content (AvgIpc) is 3.06. The van der Waals surface area contributed by atoms with Crippen LogP contribution in [0.5, 0.6) is 0 Å². The lowest BCUT2D eigenvalue weighted by atomic mass is 10.1. The van der Waals surface area contributed by atoms with E-state index in [1.54, 1.807) is 24.3 Å². The SMILES string of the molecule is CCN.O=CNCC(=O)NC(Cc1ccccc1)C(=O)NCC(=O)NCOC(Cc1ccccc1)C(=O)OCc1ccccc1. The Morgan fingerprint density at radius 1 is 0.756 bits per heavy atom. The molecule has 0 spiro atoms. The molecule has 2 atom stereocenters. The van der Waals surface area contributed by atoms with Gasteiger partial charge in [-0.3, -0.25) is 19.2 Å². The third-order valence-corrected chi connectivity index (χ3v) is 6.01. The number of amides is 4. The van der Waals surface area contributed by atoms with Gasteiger partial charge in [-0.15, -0.1) is 0 Å². The smallest absolute Gasteiger partial charge is 0.336 e. The summed E-state index contributed by atoms with van der Waals surface area (Å²) in [5, 5.41) is 9.82. The Kier molecular flexibility index (Phi) is 17.3. The summed E-state index contributed by atoms with van der Waals surface area (Å²) in [5.74, 6) is -2.28. The minimum absolute atomic E-state index is 0.0820. The molecule has 240 valence electrons. The van der Waals surface area contributed by atoms with E-state index in [2.05, 4.69) is 21.3 Å². The first-order valence-electron chi connectivity index (χ1n) is 14.5. The Labute approximate surface area is 263 Å². The fourth-order valence-corrected chi connectivity index (χ4v) is 3.87. The van der Waals surface area contributed by atoms with Gasteiger partial charge in [0.2, 0.25) is 24.1 Å². The predicted octanol–water partition coefficient (Wildman–Crippen LogP) is 0.986. The molecular formula is C33H41N5O7. The van der Waals surface area contributed by atoms with E-state index in [9.17, 15) is 24.0 Å². The molecule has 0 aliphatic heterocycles. The van der Waals surface area contributed by atoms with Crippen LogP contribution in [0, 0.1) is 0 Å². The van der Waals surface area contributed by atoms with E-state index < -0.39 is 42.4 Å². The van der Waals surface area contributed by atoms with E-state index in [1.165, 1.54) is 0 Å². The van der Waals surface area contributed by atoms with Gasteiger partial charge in [-0.2, -0.15) is 0 Å². The molecule has 0 saturated heterocycles. The average molecular weight is 620 g/mol. The molecule has 0 heterocycles. The van der Waals surface area contributed by atoms with E-state index in [0.717, 1.165) is 23.2 Å². The molecule has 3 aromatic carbocycles. The second-order valence-corrected chi connectivity index (χ2v) is 9.62. The van der Waals surface area contributed by atoms with Crippen molar-refractivity contribution < 1.29 is 33.4 Å². The second kappa shape index (κ2) is 21.6. The van der Waals surface area contributed by atoms with E-state index in [1.807, 2.05) is 73.7 Å². The Bertz CT molecular complexity index is 1310. The number of esters is 1. The van der Waals surface area contributed by atoms with E-state index >= 15 is 0 Å². The first-order valence-corrected chi connectivity index (χ1v) is 14.5. The lowest BCUT2D eigenvalue weighted by Gasteiger charge is -2.19. The summed E-state index contributed by atoms with van der Waals surface area (Å²) in [7, 11) is 0. The molecule has 6 N–H and O–H groups in total. The van der Waals surface area contributed by atoms with Gasteiger partial charge in [0.15, 0.2) is 6.10 Å². The third-order valence-electron chi connectivity index (χ3n) is 6.01. The maximum Gasteiger partial charge on any atom is 0.336 e. The number of hydrogen-bond donors (Lipinski definition) is 5. The van der Waals surface area contributed by atoms with Crippen LogP contribution >= 0.6 is 0 Å². The lowest BCUT2D eigenvalue weighted by molar-refractivity contribution is -0.159. The highest BCUT2D eigenvalue weighted by atomic mass is 16.6. The van der Waals surface area contributed by atoms with Crippen molar-refractivity contribution in [3.63, 3.8) is 0 Å². The molecule has 0 aliphatic rings. The summed E-state index contributed by atoms with van der Waals surface area (Å²) in [4.78, 5) is 60.7. The summed E-state index contributed by atoms with van der Waals surface area (Å²) >= 11 is 0. The highest BCUT2D eigenvalue weighted by Gasteiger charge is 2.23. The summed E-state index contributed by atoms with van der Waals surface area (Å²) in [5.41, 5.74) is 7.32. The summed E-state index contributed by atoms with van der Waals surface area (Å²) < 4.78 is 11.1. The fourth-order valence-electron chi connectivity index (χ4n) is 3.87. The zero-order valence-electron chi connectivity index (χ0n) is 25.3. The Hall–Kier alpha value is -5.07. The quantitative estimate of drug-likeness (QED) is 0.0844. The summed E-state index contributed by atoms with van der Waals surface area (Å²) in [6, 6.07) is 26.6. The van der Waals surface area contributed by atoms with Crippen molar-refractivity contribution in [3.8, 4) is 0 Å². The van der Waals surface area contributed by atoms with Gasteiger partial charge >= 0.3 is 5.97 Å². The van der Waals surface area contributed by atoms with Gasteiger partial charge in [-0.1, -0.05) is 97.9 Å². The van der Waals surface area contributed by atoms with Crippen LogP contribution in [0.1, 0.15) is 23.6 Å². The molecule has 0 aromatic heterocycles. The molecule has 0 bridgehead atoms. The molecule has 0 radical (unpaired) electrons. The molecule has 4 amide bonds. The van der Waals surface area contributed by atoms with Gasteiger partial charge in [0.1, 0.15) is 19.4 Å². The van der Waals surface area contributed by atoms with Gasteiger partial charge in [-0.25, -0.2) is 4.79 Å². The van der Waals surface area contributed by atoms with E-state index in [-0.39, 0.29) is 32.7 Å². The molecule has 12 nitrogen and oxygen atoms in total. The highest BCUT2D eigenvalue weighted by molar-refractivity contribution is 5.91. The zero-order valence-corrected chi connectivity index (χ0v) is 25.3. The molecule has 0 fully saturated rings. The maximum atomic E-state index is 12.8. The molecule has 2 unspecified atom stereocenters. The number of benzene rings is 3. The fraction of sp³-hybridized carbons (Fsp3) is 0.303. The minimum atomic E-state index is -0.980. The number of carbonyl (C=O) groups excluding carboxylic acids is 5. The molecule has 12 heteroatoms. The van der Waals surface area contributed by atoms with Crippen molar-refractivity contribution in [2.75, 3.05) is 26.4 Å². The highest BCUT2D eigenvalue weighted by Crippen LogP contribution is 2.10. The summed E-state index contributed by atoms with van der Waals surface area (Å²) in [6.07, 6.45) is -0.181. The lowest BCUT2D eigenvalue weighted by Crippen LogP contribution is -2.51. The van der Waals surface area contributed by atoms with E-state index in [4.69, 9.17) is 15.2 Å². The van der Waals surface area contributed by atoms with Crippen LogP contribution in [0.25, 0.3) is 0 Å². The molecular weight excluding hydrogens is 578 g/mol. The minimum Gasteiger partial charge on any atom is -0.459 e. The number of hydrogen-bond acceptors (Lipinski definition) is 8. The third kappa shape index (κ3) is 15.3. The number of carbonyl (C=O) groups is 5. The predicted molar refractivity (Wildman–Crippen MR) is 168 cm³/mol. The van der Waals surface area contributed by atoms with Gasteiger partial charge < -0.3 is 36.5 Å². The van der Waals surface area contributed by atoms with Crippen LogP contribution in [0.2, 0.25) is 0 Å². The number of rotatable bonds is 17. The van der Waals surface area contributed by atoms with Crippen LogP contribution < -0.4 is 27.0 Å². The van der Waals surface area contributed by atoms with Crippen molar-refractivity contribution in [1.82, 2.24) is 21.3 Å². The monoisotopic (exact) mass is 619 g/mol. The number of nitrogens with two attached hydrogens (primary N) is 1. The normalized spacial score (nSPS) is 11.4. The molecule has 0 saturated carbocycles. The molecule has 45 heavy (non-hydrogen) atoms. The van der Waals surface area contributed by atoms with Gasteiger partial charge in [0.25, 0.3) is 0 Å². The number of nitrogens with one attached hydrogen (secondary N) is 4. The standard InChI is InChI=1S/C31H34N4O7.C2H7N/c36-21-32-18-29(38)35-26(16-23-10-4-1-5-11-23)30(39)33-19-28(37)34-22-42-27(17-24-12-6-2-7-13-24)31(40)41-20-25-14-8-3-9-15-25;1-2-3/h1-15,21,26-27H,16-20,22H2,(H,32,36)(H,33,39)(H,34,37)(H,35,38);2-3H2,1H3. The zero-order chi connectivity index (χ0) is 32.7. The van der Waals surface area contributed by atoms with Crippen molar-refractivity contribution in [1.29, 1.82) is 0 Å². The van der Waals surface area contributed by atoms with Crippen LogP contribution in [-0.4, -0.2) is 68.6 Å². The van der Waals surface area contributed by atoms with Crippen LogP contribution in [0.15, 0.2) is 91.0 Å². The van der Waals surface area contributed by atoms with Crippen LogP contribution in [-0.2, 0) is 52.9 Å². The molecule has 3 rings (SSSR count). The number of ether oxygens (including phenoxy) is 2. The Balaban J connectivity index is 0.00000226. The van der Waals surface area contributed by atoms with E-state index in [0.29, 0.717) is 6.41 Å². The Morgan fingerprint density at radius 3 is 1.84 bits per heavy atom. The van der Waals surface area contributed by atoms with Gasteiger partial charge in [-0.05, 0) is 23.2 Å². The van der Waals surface area contributed by atoms with Crippen molar-refractivity contribution >= 4 is 30.1 Å². The molecule has 3 aromatic rings. The van der Waals surface area contributed by atoms with Crippen molar-refractivity contribution in [2.24, 2.45) is 5.73 Å².